The molecule has 0 aromatic rings. The third-order valence-electron chi connectivity index (χ3n) is 6.55. The molecule has 8 heteroatoms. The van der Waals surface area contributed by atoms with E-state index in [9.17, 15) is 14.4 Å². The molecule has 33 heavy (non-hydrogen) atoms. The Kier molecular flexibility index (Phi) is 7.71. The fourth-order valence-corrected chi connectivity index (χ4v) is 4.77. The summed E-state index contributed by atoms with van der Waals surface area (Å²) in [5, 5.41) is 18.0. The van der Waals surface area contributed by atoms with E-state index in [-0.39, 0.29) is 49.2 Å². The van der Waals surface area contributed by atoms with Gasteiger partial charge in [0.05, 0.1) is 12.5 Å². The van der Waals surface area contributed by atoms with E-state index in [2.05, 4.69) is 19.7 Å². The average molecular weight is 459 g/mol. The van der Waals surface area contributed by atoms with Gasteiger partial charge in [0.15, 0.2) is 0 Å². The van der Waals surface area contributed by atoms with Crippen LogP contribution < -0.4 is 0 Å². The summed E-state index contributed by atoms with van der Waals surface area (Å²) in [6.45, 7) is 12.8. The molecule has 1 saturated heterocycles. The maximum atomic E-state index is 12.5. The Bertz CT molecular complexity index is 940. The van der Waals surface area contributed by atoms with Crippen LogP contribution in [0.5, 0.6) is 0 Å². The van der Waals surface area contributed by atoms with Crippen LogP contribution in [0.3, 0.4) is 0 Å². The monoisotopic (exact) mass is 458 g/mol. The van der Waals surface area contributed by atoms with Gasteiger partial charge in [0.2, 0.25) is 0 Å². The Morgan fingerprint density at radius 3 is 2.64 bits per heavy atom. The van der Waals surface area contributed by atoms with Gasteiger partial charge in [-0.2, -0.15) is 0 Å². The van der Waals surface area contributed by atoms with Crippen molar-refractivity contribution in [2.24, 2.45) is 17.8 Å². The highest BCUT2D eigenvalue weighted by Gasteiger charge is 2.55. The second-order valence-electron chi connectivity index (χ2n) is 8.60. The minimum Gasteiger partial charge on any atom is -0.458 e. The van der Waals surface area contributed by atoms with Crippen LogP contribution in [0.2, 0.25) is 0 Å². The number of aliphatic hydroxyl groups excluding tert-OH is 2. The summed E-state index contributed by atoms with van der Waals surface area (Å²) >= 11 is 0. The first kappa shape index (κ1) is 24.7. The lowest BCUT2D eigenvalue weighted by Crippen LogP contribution is -2.37. The molecule has 2 fully saturated rings. The molecule has 3 rings (SSSR count). The van der Waals surface area contributed by atoms with Crippen molar-refractivity contribution in [1.82, 2.24) is 0 Å². The largest absolute Gasteiger partial charge is 0.458 e. The molecule has 1 saturated carbocycles. The van der Waals surface area contributed by atoms with Gasteiger partial charge in [-0.15, -0.1) is 0 Å². The lowest BCUT2D eigenvalue weighted by atomic mass is 9.80. The summed E-state index contributed by atoms with van der Waals surface area (Å²) in [5.74, 6) is -2.66. The zero-order valence-electron chi connectivity index (χ0n) is 18.7. The Morgan fingerprint density at radius 1 is 1.24 bits per heavy atom. The van der Waals surface area contributed by atoms with Crippen LogP contribution in [0.4, 0.5) is 0 Å². The fraction of sp³-hybridized carbons (Fsp3) is 0.480. The molecule has 2 aliphatic carbocycles. The summed E-state index contributed by atoms with van der Waals surface area (Å²) in [6.07, 6.45) is 3.03. The van der Waals surface area contributed by atoms with Crippen molar-refractivity contribution < 1.29 is 38.8 Å². The maximum Gasteiger partial charge on any atom is 0.334 e. The lowest BCUT2D eigenvalue weighted by molar-refractivity contribution is -0.149. The standard InChI is InChI=1S/C25H30O8/c1-13(7-9-26)23(28)31-12-17-5-6-18-15(3)11-19(32-24(29)14(2)8-10-27)20-16(4)25(30)33-22(20)21(17)18/h5,7,18-22,26-27H,2-4,6,8-12H2,1H3/b13-7-/t18-,19+,20-,21+,22+/m1/s1. The molecule has 0 aromatic carbocycles. The molecule has 5 atom stereocenters. The lowest BCUT2D eigenvalue weighted by Gasteiger charge is -2.29. The van der Waals surface area contributed by atoms with E-state index in [1.807, 2.05) is 6.08 Å². The maximum absolute atomic E-state index is 12.5. The smallest absolute Gasteiger partial charge is 0.334 e. The van der Waals surface area contributed by atoms with Crippen LogP contribution in [0, 0.1) is 17.8 Å². The normalized spacial score (nSPS) is 28.9. The van der Waals surface area contributed by atoms with Crippen molar-refractivity contribution in [3.05, 3.63) is 59.8 Å². The summed E-state index contributed by atoms with van der Waals surface area (Å²) in [6, 6.07) is 0. The van der Waals surface area contributed by atoms with Gasteiger partial charge in [-0.25, -0.2) is 14.4 Å². The topological polar surface area (TPSA) is 119 Å². The molecule has 0 unspecified atom stereocenters. The number of rotatable bonds is 8. The van der Waals surface area contributed by atoms with Crippen molar-refractivity contribution in [3.63, 3.8) is 0 Å². The minimum absolute atomic E-state index is 0.00882. The highest BCUT2D eigenvalue weighted by atomic mass is 16.6. The number of ether oxygens (including phenoxy) is 3. The number of carbonyl (C=O) groups is 3. The zero-order chi connectivity index (χ0) is 24.3. The number of esters is 3. The second-order valence-corrected chi connectivity index (χ2v) is 8.60. The molecule has 3 aliphatic rings. The van der Waals surface area contributed by atoms with Crippen LogP contribution in [0.25, 0.3) is 0 Å². The molecule has 0 radical (unpaired) electrons. The third kappa shape index (κ3) is 5.02. The summed E-state index contributed by atoms with van der Waals surface area (Å²) in [7, 11) is 0. The molecule has 0 bridgehead atoms. The quantitative estimate of drug-likeness (QED) is 0.245. The van der Waals surface area contributed by atoms with Crippen molar-refractivity contribution in [1.29, 1.82) is 0 Å². The fourth-order valence-electron chi connectivity index (χ4n) is 4.77. The second kappa shape index (κ2) is 10.3. The highest BCUT2D eigenvalue weighted by Crippen LogP contribution is 2.51. The van der Waals surface area contributed by atoms with Crippen molar-refractivity contribution in [2.75, 3.05) is 19.8 Å². The van der Waals surface area contributed by atoms with Crippen LogP contribution in [-0.4, -0.2) is 60.1 Å². The van der Waals surface area contributed by atoms with Gasteiger partial charge in [0, 0.05) is 42.1 Å². The van der Waals surface area contributed by atoms with Gasteiger partial charge in [-0.05, 0) is 30.9 Å². The van der Waals surface area contributed by atoms with Crippen molar-refractivity contribution in [3.8, 4) is 0 Å². The first-order valence-corrected chi connectivity index (χ1v) is 10.9. The Labute approximate surface area is 192 Å². The molecule has 8 nitrogen and oxygen atoms in total. The van der Waals surface area contributed by atoms with Gasteiger partial charge in [0.25, 0.3) is 0 Å². The summed E-state index contributed by atoms with van der Waals surface area (Å²) in [4.78, 5) is 37.1. The van der Waals surface area contributed by atoms with Crippen molar-refractivity contribution in [2.45, 2.75) is 38.4 Å². The average Bonchev–Trinajstić information content (AvgIpc) is 3.29. The van der Waals surface area contributed by atoms with Crippen molar-refractivity contribution >= 4 is 17.9 Å². The van der Waals surface area contributed by atoms with Gasteiger partial charge in [-0.3, -0.25) is 0 Å². The van der Waals surface area contributed by atoms with E-state index in [0.29, 0.717) is 18.4 Å². The molecular weight excluding hydrogens is 428 g/mol. The number of carbonyl (C=O) groups excluding carboxylic acids is 3. The predicted molar refractivity (Wildman–Crippen MR) is 118 cm³/mol. The SMILES string of the molecule is C=C(CCO)C(=O)O[C@H]1CC(=C)[C@H]2CC=C(COC(=O)/C(C)=C\CO)[C@@H]2[C@H]2OC(=O)C(=C)[C@@H]21. The van der Waals surface area contributed by atoms with Gasteiger partial charge in [0.1, 0.15) is 18.8 Å². The number of hydrogen-bond donors (Lipinski definition) is 2. The van der Waals surface area contributed by atoms with E-state index in [1.165, 1.54) is 6.08 Å². The molecular formula is C25H30O8. The number of aliphatic hydroxyl groups is 2. The van der Waals surface area contributed by atoms with E-state index in [0.717, 1.165) is 11.1 Å². The van der Waals surface area contributed by atoms with Gasteiger partial charge >= 0.3 is 17.9 Å². The van der Waals surface area contributed by atoms with Gasteiger partial charge in [-0.1, -0.05) is 31.4 Å². The van der Waals surface area contributed by atoms with E-state index < -0.39 is 36.0 Å². The zero-order valence-corrected chi connectivity index (χ0v) is 18.7. The Balaban J connectivity index is 1.83. The van der Waals surface area contributed by atoms with Gasteiger partial charge < -0.3 is 24.4 Å². The molecule has 0 amide bonds. The van der Waals surface area contributed by atoms with E-state index in [1.54, 1.807) is 6.92 Å². The van der Waals surface area contributed by atoms with Crippen LogP contribution in [0.1, 0.15) is 26.2 Å². The third-order valence-corrected chi connectivity index (χ3v) is 6.55. The first-order valence-electron chi connectivity index (χ1n) is 10.9. The number of allylic oxidation sites excluding steroid dienone is 1. The van der Waals surface area contributed by atoms with Crippen LogP contribution >= 0.6 is 0 Å². The molecule has 0 spiro atoms. The molecule has 2 N–H and O–H groups in total. The van der Waals surface area contributed by atoms with E-state index >= 15 is 0 Å². The summed E-state index contributed by atoms with van der Waals surface area (Å²) < 4.78 is 16.8. The minimum atomic E-state index is -0.714. The molecule has 1 heterocycles. The number of hydrogen-bond acceptors (Lipinski definition) is 8. The molecule has 178 valence electrons. The predicted octanol–water partition coefficient (Wildman–Crippen LogP) is 1.94. The molecule has 1 aliphatic heterocycles. The van der Waals surface area contributed by atoms with Crippen LogP contribution in [-0.2, 0) is 28.6 Å². The number of fused-ring (bicyclic) bond motifs is 3. The molecule has 0 aromatic heterocycles. The first-order chi connectivity index (χ1) is 15.7. The Morgan fingerprint density at radius 2 is 1.97 bits per heavy atom. The highest BCUT2D eigenvalue weighted by molar-refractivity contribution is 5.92. The van der Waals surface area contributed by atoms with E-state index in [4.69, 9.17) is 24.4 Å². The Hall–Kier alpha value is -2.97. The van der Waals surface area contributed by atoms with Crippen LogP contribution in [0.15, 0.2) is 59.8 Å². The summed E-state index contributed by atoms with van der Waals surface area (Å²) in [5.41, 5.74) is 2.31.